The van der Waals surface area contributed by atoms with Crippen LogP contribution >= 0.6 is 11.6 Å². The maximum Gasteiger partial charge on any atom is 0.407 e. The van der Waals surface area contributed by atoms with Gasteiger partial charge in [-0.05, 0) is 26.8 Å². The third-order valence-corrected chi connectivity index (χ3v) is 3.23. The first-order chi connectivity index (χ1) is 9.57. The van der Waals surface area contributed by atoms with E-state index in [4.69, 9.17) is 22.1 Å². The molecular formula is C14H21ClFN3O2. The summed E-state index contributed by atoms with van der Waals surface area (Å²) in [6.45, 7) is 7.38. The fraction of sp³-hybridized carbons (Fsp3) is 0.571. The first kappa shape index (κ1) is 17.7. The summed E-state index contributed by atoms with van der Waals surface area (Å²) in [6, 6.07) is 1.28. The van der Waals surface area contributed by atoms with E-state index in [2.05, 4.69) is 10.3 Å². The van der Waals surface area contributed by atoms with Crippen LogP contribution < -0.4 is 11.1 Å². The van der Waals surface area contributed by atoms with Gasteiger partial charge >= 0.3 is 6.09 Å². The molecule has 1 amide bonds. The summed E-state index contributed by atoms with van der Waals surface area (Å²) < 4.78 is 18.5. The molecule has 7 heteroatoms. The number of nitrogens with zero attached hydrogens (tertiary/aromatic N) is 1. The van der Waals surface area contributed by atoms with Crippen molar-refractivity contribution < 1.29 is 13.9 Å². The summed E-state index contributed by atoms with van der Waals surface area (Å²) in [5.74, 6) is -0.508. The van der Waals surface area contributed by atoms with Crippen molar-refractivity contribution in [1.29, 1.82) is 0 Å². The average Bonchev–Trinajstić information content (AvgIpc) is 2.37. The Morgan fingerprint density at radius 3 is 2.62 bits per heavy atom. The molecule has 0 spiro atoms. The molecule has 0 saturated carbocycles. The molecule has 0 saturated heterocycles. The first-order valence-corrected chi connectivity index (χ1v) is 6.94. The zero-order valence-corrected chi connectivity index (χ0v) is 13.4. The van der Waals surface area contributed by atoms with Gasteiger partial charge in [-0.3, -0.25) is 0 Å². The molecule has 118 valence electrons. The Labute approximate surface area is 129 Å². The smallest absolute Gasteiger partial charge is 0.407 e. The zero-order valence-electron chi connectivity index (χ0n) is 12.7. The number of carbonyl (C=O) groups excluding carboxylic acids is 1. The maximum atomic E-state index is 13.4. The molecule has 0 aliphatic carbocycles. The van der Waals surface area contributed by atoms with E-state index in [1.54, 1.807) is 27.7 Å². The lowest BCUT2D eigenvalue weighted by molar-refractivity contribution is 0.0516. The lowest BCUT2D eigenvalue weighted by Crippen LogP contribution is -2.45. The standard InChI is InChI=1S/C14H21ClFN3O2/c1-13(2,3)21-12(20)19-8-14(4,7-17)10-5-9(16)6-18-11(10)15/h5-6H,7-8,17H2,1-4H3,(H,19,20). The number of amides is 1. The van der Waals surface area contributed by atoms with Crippen LogP contribution in [0.1, 0.15) is 33.3 Å². The summed E-state index contributed by atoms with van der Waals surface area (Å²) in [6.07, 6.45) is 0.465. The van der Waals surface area contributed by atoms with E-state index < -0.39 is 22.9 Å². The second-order valence-corrected chi connectivity index (χ2v) is 6.47. The van der Waals surface area contributed by atoms with Crippen molar-refractivity contribution in [2.75, 3.05) is 13.1 Å². The summed E-state index contributed by atoms with van der Waals surface area (Å²) >= 11 is 6.00. The van der Waals surface area contributed by atoms with Crippen LogP contribution in [0.3, 0.4) is 0 Å². The van der Waals surface area contributed by atoms with Crippen LogP contribution in [-0.2, 0) is 10.2 Å². The van der Waals surface area contributed by atoms with E-state index in [1.807, 2.05) is 0 Å². The van der Waals surface area contributed by atoms with Crippen molar-refractivity contribution in [2.24, 2.45) is 5.73 Å². The molecule has 0 aliphatic rings. The molecule has 0 radical (unpaired) electrons. The highest BCUT2D eigenvalue weighted by Crippen LogP contribution is 2.28. The van der Waals surface area contributed by atoms with Gasteiger partial charge in [0, 0.05) is 24.1 Å². The number of aromatic nitrogens is 1. The SMILES string of the molecule is CC(C)(C)OC(=O)NCC(C)(CN)c1cc(F)cnc1Cl. The molecule has 1 aromatic heterocycles. The van der Waals surface area contributed by atoms with Gasteiger partial charge in [-0.15, -0.1) is 0 Å². The Morgan fingerprint density at radius 2 is 2.10 bits per heavy atom. The van der Waals surface area contributed by atoms with Gasteiger partial charge in [0.15, 0.2) is 0 Å². The van der Waals surface area contributed by atoms with Gasteiger partial charge in [0.25, 0.3) is 0 Å². The molecule has 0 aromatic carbocycles. The average molecular weight is 318 g/mol. The summed E-state index contributed by atoms with van der Waals surface area (Å²) in [5, 5.41) is 2.79. The van der Waals surface area contributed by atoms with E-state index in [0.717, 1.165) is 6.20 Å². The van der Waals surface area contributed by atoms with Gasteiger partial charge in [-0.2, -0.15) is 0 Å². The minimum Gasteiger partial charge on any atom is -0.444 e. The number of alkyl carbamates (subject to hydrolysis) is 1. The Bertz CT molecular complexity index is 519. The molecule has 1 rings (SSSR count). The fourth-order valence-electron chi connectivity index (χ4n) is 1.70. The number of pyridine rings is 1. The number of hydrogen-bond acceptors (Lipinski definition) is 4. The number of rotatable bonds is 4. The van der Waals surface area contributed by atoms with Crippen LogP contribution in [0.5, 0.6) is 0 Å². The normalized spacial score (nSPS) is 14.4. The highest BCUT2D eigenvalue weighted by atomic mass is 35.5. The summed E-state index contributed by atoms with van der Waals surface area (Å²) in [7, 11) is 0. The van der Waals surface area contributed by atoms with Gasteiger partial charge in [0.05, 0.1) is 6.20 Å². The summed E-state index contributed by atoms with van der Waals surface area (Å²) in [5.41, 5.74) is 4.87. The monoisotopic (exact) mass is 317 g/mol. The highest BCUT2D eigenvalue weighted by molar-refractivity contribution is 6.30. The van der Waals surface area contributed by atoms with Crippen LogP contribution in [0.25, 0.3) is 0 Å². The van der Waals surface area contributed by atoms with Crippen molar-refractivity contribution >= 4 is 17.7 Å². The number of nitrogens with two attached hydrogens (primary N) is 1. The van der Waals surface area contributed by atoms with Crippen molar-refractivity contribution in [3.63, 3.8) is 0 Å². The minimum absolute atomic E-state index is 0.156. The second-order valence-electron chi connectivity index (χ2n) is 6.11. The Kier molecular flexibility index (Phi) is 5.53. The molecule has 0 aliphatic heterocycles. The molecule has 1 unspecified atom stereocenters. The van der Waals surface area contributed by atoms with Crippen molar-refractivity contribution in [3.8, 4) is 0 Å². The van der Waals surface area contributed by atoms with Crippen LogP contribution in [0.2, 0.25) is 5.15 Å². The predicted octanol–water partition coefficient (Wildman–Crippen LogP) is 2.62. The molecular weight excluding hydrogens is 297 g/mol. The summed E-state index contributed by atoms with van der Waals surface area (Å²) in [4.78, 5) is 15.5. The largest absolute Gasteiger partial charge is 0.444 e. The number of halogens is 2. The van der Waals surface area contributed by atoms with E-state index in [-0.39, 0.29) is 18.2 Å². The van der Waals surface area contributed by atoms with Gasteiger partial charge < -0.3 is 15.8 Å². The maximum absolute atomic E-state index is 13.4. The van der Waals surface area contributed by atoms with E-state index in [0.29, 0.717) is 5.56 Å². The van der Waals surface area contributed by atoms with Gasteiger partial charge in [-0.25, -0.2) is 14.2 Å². The van der Waals surface area contributed by atoms with E-state index in [9.17, 15) is 9.18 Å². The molecule has 0 bridgehead atoms. The molecule has 3 N–H and O–H groups in total. The molecule has 1 aromatic rings. The van der Waals surface area contributed by atoms with Gasteiger partial charge in [0.2, 0.25) is 0 Å². The van der Waals surface area contributed by atoms with Crippen LogP contribution in [0.15, 0.2) is 12.3 Å². The lowest BCUT2D eigenvalue weighted by atomic mass is 9.83. The topological polar surface area (TPSA) is 77.2 Å². The molecule has 1 heterocycles. The van der Waals surface area contributed by atoms with Crippen molar-refractivity contribution in [3.05, 3.63) is 28.8 Å². The Morgan fingerprint density at radius 1 is 1.48 bits per heavy atom. The quantitative estimate of drug-likeness (QED) is 0.837. The number of ether oxygens (including phenoxy) is 1. The molecule has 0 fully saturated rings. The first-order valence-electron chi connectivity index (χ1n) is 6.56. The molecule has 5 nitrogen and oxygen atoms in total. The van der Waals surface area contributed by atoms with Gasteiger partial charge in [0.1, 0.15) is 16.6 Å². The number of hydrogen-bond donors (Lipinski definition) is 2. The van der Waals surface area contributed by atoms with E-state index in [1.165, 1.54) is 6.07 Å². The van der Waals surface area contributed by atoms with E-state index >= 15 is 0 Å². The third-order valence-electron chi connectivity index (χ3n) is 2.93. The number of nitrogens with one attached hydrogen (secondary N) is 1. The molecule has 1 atom stereocenters. The van der Waals surface area contributed by atoms with Crippen LogP contribution in [0.4, 0.5) is 9.18 Å². The van der Waals surface area contributed by atoms with Crippen LogP contribution in [-0.4, -0.2) is 29.8 Å². The van der Waals surface area contributed by atoms with Crippen LogP contribution in [0, 0.1) is 5.82 Å². The second kappa shape index (κ2) is 6.58. The Balaban J connectivity index is 2.86. The zero-order chi connectivity index (χ0) is 16.3. The predicted molar refractivity (Wildman–Crippen MR) is 79.8 cm³/mol. The highest BCUT2D eigenvalue weighted by Gasteiger charge is 2.30. The van der Waals surface area contributed by atoms with Gasteiger partial charge in [-0.1, -0.05) is 18.5 Å². The Hall–Kier alpha value is -1.40. The minimum atomic E-state index is -0.747. The van der Waals surface area contributed by atoms with Crippen molar-refractivity contribution in [2.45, 2.75) is 38.7 Å². The third kappa shape index (κ3) is 5.13. The molecule has 21 heavy (non-hydrogen) atoms. The van der Waals surface area contributed by atoms with Crippen molar-refractivity contribution in [1.82, 2.24) is 10.3 Å². The fourth-order valence-corrected chi connectivity index (χ4v) is 2.04. The lowest BCUT2D eigenvalue weighted by Gasteiger charge is -2.30. The number of carbonyl (C=O) groups is 1.